The molecule has 0 fully saturated rings. The number of carbonyl (C=O) groups is 2. The molecule has 0 spiro atoms. The van der Waals surface area contributed by atoms with Gasteiger partial charge in [0.15, 0.2) is 0 Å². The van der Waals surface area contributed by atoms with Crippen LogP contribution in [0.15, 0.2) is 24.3 Å². The molecule has 0 aromatic rings. The van der Waals surface area contributed by atoms with Gasteiger partial charge in [0.05, 0.1) is 10.8 Å². The van der Waals surface area contributed by atoms with Gasteiger partial charge in [0.2, 0.25) is 0 Å². The Kier molecular flexibility index (Phi) is 24.8. The van der Waals surface area contributed by atoms with Gasteiger partial charge in [0.1, 0.15) is 0 Å². The van der Waals surface area contributed by atoms with Crippen LogP contribution >= 0.6 is 23.2 Å². The molecule has 0 N–H and O–H groups in total. The van der Waals surface area contributed by atoms with Crippen LogP contribution in [0.5, 0.6) is 0 Å². The Hall–Kier alpha value is 0.260. The van der Waals surface area contributed by atoms with E-state index in [-0.39, 0.29) is 61.3 Å². The normalized spacial score (nSPS) is 13.0. The van der Waals surface area contributed by atoms with Crippen LogP contribution < -0.4 is 10.2 Å². The summed E-state index contributed by atoms with van der Waals surface area (Å²) in [5, 5.41) is 19.9. The molecule has 0 heterocycles. The zero-order chi connectivity index (χ0) is 17.4. The standard InChI is InChI=1S/2C8H13ClO2.Ca/c2*1-2-7(9)5-3-4-6-8(10)11;/h2*3,5,7H,2,4,6H2,1H3,(H,10,11);/q;;+2/p-2/b2*5-3+;. The summed E-state index contributed by atoms with van der Waals surface area (Å²) in [4.78, 5) is 19.9. The van der Waals surface area contributed by atoms with Crippen LogP contribution in [-0.2, 0) is 9.59 Å². The second-order valence-electron chi connectivity index (χ2n) is 4.53. The summed E-state index contributed by atoms with van der Waals surface area (Å²) in [6.45, 7) is 3.95. The maximum atomic E-state index is 9.94. The second kappa shape index (κ2) is 20.3. The Morgan fingerprint density at radius 2 is 1.17 bits per heavy atom. The number of aliphatic carboxylic acids is 2. The summed E-state index contributed by atoms with van der Waals surface area (Å²) in [6.07, 6.45) is 10.1. The van der Waals surface area contributed by atoms with E-state index in [1.165, 1.54) is 0 Å². The monoisotopic (exact) mass is 390 g/mol. The smallest absolute Gasteiger partial charge is 0.550 e. The van der Waals surface area contributed by atoms with Crippen molar-refractivity contribution in [2.75, 3.05) is 0 Å². The van der Waals surface area contributed by atoms with Crippen molar-refractivity contribution in [2.24, 2.45) is 0 Å². The van der Waals surface area contributed by atoms with Gasteiger partial charge >= 0.3 is 37.7 Å². The summed E-state index contributed by atoms with van der Waals surface area (Å²) >= 11 is 11.5. The molecule has 0 saturated heterocycles. The van der Waals surface area contributed by atoms with Crippen molar-refractivity contribution in [3.05, 3.63) is 24.3 Å². The number of carbonyl (C=O) groups excluding carboxylic acids is 2. The van der Waals surface area contributed by atoms with E-state index in [1.54, 1.807) is 12.2 Å². The van der Waals surface area contributed by atoms with Gasteiger partial charge in [-0.15, -0.1) is 23.2 Å². The van der Waals surface area contributed by atoms with Gasteiger partial charge < -0.3 is 19.8 Å². The van der Waals surface area contributed by atoms with Crippen molar-refractivity contribution < 1.29 is 19.8 Å². The van der Waals surface area contributed by atoms with Gasteiger partial charge in [-0.2, -0.15) is 0 Å². The van der Waals surface area contributed by atoms with Crippen LogP contribution in [0.1, 0.15) is 52.4 Å². The molecular formula is C16H24CaCl2O4. The van der Waals surface area contributed by atoms with Crippen LogP contribution in [-0.4, -0.2) is 60.4 Å². The molecule has 0 aliphatic heterocycles. The summed E-state index contributed by atoms with van der Waals surface area (Å²) in [7, 11) is 0. The Morgan fingerprint density at radius 1 is 0.870 bits per heavy atom. The van der Waals surface area contributed by atoms with Crippen LogP contribution in [0.25, 0.3) is 0 Å². The van der Waals surface area contributed by atoms with E-state index in [2.05, 4.69) is 0 Å². The number of hydrogen-bond donors (Lipinski definition) is 0. The van der Waals surface area contributed by atoms with E-state index in [0.717, 1.165) is 12.8 Å². The van der Waals surface area contributed by atoms with Gasteiger partial charge in [-0.3, -0.25) is 0 Å². The fourth-order valence-electron chi connectivity index (χ4n) is 1.16. The van der Waals surface area contributed by atoms with Crippen molar-refractivity contribution in [3.8, 4) is 0 Å². The summed E-state index contributed by atoms with van der Waals surface area (Å²) < 4.78 is 0. The van der Waals surface area contributed by atoms with E-state index >= 15 is 0 Å². The van der Waals surface area contributed by atoms with Crippen molar-refractivity contribution in [2.45, 2.75) is 63.1 Å². The van der Waals surface area contributed by atoms with E-state index < -0.39 is 11.9 Å². The average molecular weight is 391 g/mol. The molecule has 2 unspecified atom stereocenters. The predicted molar refractivity (Wildman–Crippen MR) is 92.4 cm³/mol. The minimum atomic E-state index is -1.02. The van der Waals surface area contributed by atoms with Crippen LogP contribution in [0.4, 0.5) is 0 Å². The van der Waals surface area contributed by atoms with Crippen molar-refractivity contribution in [1.82, 2.24) is 0 Å². The van der Waals surface area contributed by atoms with E-state index in [9.17, 15) is 19.8 Å². The number of rotatable bonds is 10. The third-order valence-electron chi connectivity index (χ3n) is 2.50. The molecule has 4 nitrogen and oxygen atoms in total. The maximum Gasteiger partial charge on any atom is 2.00 e. The number of allylic oxidation sites excluding steroid dienone is 4. The molecule has 128 valence electrons. The van der Waals surface area contributed by atoms with Crippen LogP contribution in [0, 0.1) is 0 Å². The second-order valence-corrected chi connectivity index (χ2v) is 5.65. The fraction of sp³-hybridized carbons (Fsp3) is 0.625. The molecular weight excluding hydrogens is 367 g/mol. The Labute approximate surface area is 178 Å². The number of alkyl halides is 2. The minimum absolute atomic E-state index is 0. The first-order chi connectivity index (χ1) is 10.3. The summed E-state index contributed by atoms with van der Waals surface area (Å²) in [5.41, 5.74) is 0. The van der Waals surface area contributed by atoms with Crippen molar-refractivity contribution in [1.29, 1.82) is 0 Å². The van der Waals surface area contributed by atoms with Crippen molar-refractivity contribution >= 4 is 72.9 Å². The molecule has 0 radical (unpaired) electrons. The average Bonchev–Trinajstić information content (AvgIpc) is 2.47. The van der Waals surface area contributed by atoms with E-state index in [1.807, 2.05) is 26.0 Å². The first kappa shape index (κ1) is 28.1. The van der Waals surface area contributed by atoms with Crippen molar-refractivity contribution in [3.63, 3.8) is 0 Å². The Balaban J connectivity index is -0.000000333. The Morgan fingerprint density at radius 3 is 1.39 bits per heavy atom. The minimum Gasteiger partial charge on any atom is -0.550 e. The van der Waals surface area contributed by atoms with Crippen LogP contribution in [0.2, 0.25) is 0 Å². The molecule has 0 amide bonds. The summed E-state index contributed by atoms with van der Waals surface area (Å²) in [5.74, 6) is -2.03. The van der Waals surface area contributed by atoms with E-state index in [0.29, 0.717) is 12.8 Å². The van der Waals surface area contributed by atoms with E-state index in [4.69, 9.17) is 23.2 Å². The van der Waals surface area contributed by atoms with Gasteiger partial charge in [0.25, 0.3) is 0 Å². The first-order valence-corrected chi connectivity index (χ1v) is 8.21. The zero-order valence-corrected chi connectivity index (χ0v) is 17.5. The Bertz CT molecular complexity index is 326. The number of carboxylic acid groups (broad SMARTS) is 2. The number of halogens is 2. The van der Waals surface area contributed by atoms with Gasteiger partial charge in [-0.25, -0.2) is 0 Å². The molecule has 0 aromatic carbocycles. The first-order valence-electron chi connectivity index (χ1n) is 7.34. The third kappa shape index (κ3) is 27.4. The molecule has 0 aliphatic carbocycles. The van der Waals surface area contributed by atoms with Gasteiger partial charge in [-0.05, 0) is 38.5 Å². The van der Waals surface area contributed by atoms with Gasteiger partial charge in [0, 0.05) is 11.9 Å². The molecule has 0 aliphatic rings. The SMILES string of the molecule is CCC(Cl)/C=C/CCC(=O)[O-].CCC(Cl)/C=C/CCC(=O)[O-].[Ca+2]. The van der Waals surface area contributed by atoms with Gasteiger partial charge in [-0.1, -0.05) is 38.2 Å². The number of carboxylic acids is 2. The molecule has 0 saturated carbocycles. The third-order valence-corrected chi connectivity index (χ3v) is 3.41. The molecule has 0 rings (SSSR count). The molecule has 2 atom stereocenters. The predicted octanol–water partition coefficient (Wildman–Crippen LogP) is 1.80. The molecule has 7 heteroatoms. The maximum absolute atomic E-state index is 9.94. The molecule has 23 heavy (non-hydrogen) atoms. The largest absolute Gasteiger partial charge is 2.00 e. The zero-order valence-electron chi connectivity index (χ0n) is 13.8. The van der Waals surface area contributed by atoms with Crippen LogP contribution in [0.3, 0.4) is 0 Å². The molecule has 0 aromatic heterocycles. The quantitative estimate of drug-likeness (QED) is 0.323. The topological polar surface area (TPSA) is 80.3 Å². The summed E-state index contributed by atoms with van der Waals surface area (Å²) in [6, 6.07) is 0. The fourth-order valence-corrected chi connectivity index (χ4v) is 1.37. The molecule has 0 bridgehead atoms. The number of hydrogen-bond acceptors (Lipinski definition) is 4.